The summed E-state index contributed by atoms with van der Waals surface area (Å²) in [6, 6.07) is 9.91. The van der Waals surface area contributed by atoms with Crippen molar-refractivity contribution in [3.05, 3.63) is 75.5 Å². The molecule has 0 radical (unpaired) electrons. The molecule has 0 spiro atoms. The number of hydrogen-bond acceptors (Lipinski definition) is 9. The zero-order valence-electron chi connectivity index (χ0n) is 28.2. The summed E-state index contributed by atoms with van der Waals surface area (Å²) in [6.45, 7) is 6.26. The van der Waals surface area contributed by atoms with E-state index in [0.29, 0.717) is 18.4 Å². The van der Waals surface area contributed by atoms with Crippen LogP contribution < -0.4 is 5.32 Å². The molecular weight excluding hydrogens is 767 g/mol. The van der Waals surface area contributed by atoms with Crippen LogP contribution in [0.3, 0.4) is 0 Å². The molecule has 1 saturated carbocycles. The van der Waals surface area contributed by atoms with Crippen molar-refractivity contribution in [2.24, 2.45) is 0 Å². The highest BCUT2D eigenvalue weighted by molar-refractivity contribution is 9.10. The summed E-state index contributed by atoms with van der Waals surface area (Å²) >= 11 is 9.79. The van der Waals surface area contributed by atoms with Crippen molar-refractivity contribution >= 4 is 55.3 Å². The van der Waals surface area contributed by atoms with Crippen LogP contribution in [0.25, 0.3) is 11.1 Å². The van der Waals surface area contributed by atoms with Gasteiger partial charge in [-0.25, -0.2) is 17.6 Å². The zero-order chi connectivity index (χ0) is 37.1. The number of rotatable bonds is 7. The molecule has 2 aromatic heterocycles. The molecule has 6 rings (SSSR count). The fraction of sp³-hybridized carbons (Fsp3) is 0.429. The van der Waals surface area contributed by atoms with Gasteiger partial charge in [0.1, 0.15) is 28.7 Å². The van der Waals surface area contributed by atoms with Gasteiger partial charge in [0.15, 0.2) is 15.4 Å². The quantitative estimate of drug-likeness (QED) is 0.327. The molecule has 16 heteroatoms. The van der Waals surface area contributed by atoms with Crippen LogP contribution >= 0.6 is 27.5 Å². The highest BCUT2D eigenvalue weighted by atomic mass is 79.9. The molecular formula is C35H35BrClFN6O6S. The number of pyridine rings is 2. The van der Waals surface area contributed by atoms with Gasteiger partial charge in [-0.05, 0) is 104 Å². The normalized spacial score (nSPS) is 22.5. The van der Waals surface area contributed by atoms with E-state index in [1.54, 1.807) is 39.1 Å². The number of carbonyl (C=O) groups excluding carboxylic acids is 3. The SMILES string of the molecule is Cc1cc(-c2ccc(S(=O)(=O)C3CC(C(=O)NC4(C#N)CC4)N(C(=O)C4(c5ncc(Br)cc5F)CCN4C(=O)OC(C)(C)C)C3)c(Cl)c2)ccn1. The fourth-order valence-corrected chi connectivity index (χ4v) is 9.10. The van der Waals surface area contributed by atoms with Gasteiger partial charge >= 0.3 is 6.09 Å². The standard InChI is InChI=1S/C35H35BrClFN6O6S/c1-20-13-22(7-11-40-20)21-5-6-28(25(37)14-21)51(48,49)24-16-27(30(45)42-34(19-39)8-9-34)43(18-24)31(46)35(29-26(38)15-23(36)17-41-29)10-12-44(35)32(47)50-33(2,3)4/h5-7,11,13-15,17,24,27H,8-10,12,16,18H2,1-4H3,(H,42,45). The van der Waals surface area contributed by atoms with Crippen LogP contribution in [-0.2, 0) is 29.7 Å². The first-order chi connectivity index (χ1) is 23.9. The molecule has 3 fully saturated rings. The van der Waals surface area contributed by atoms with Gasteiger partial charge in [0.25, 0.3) is 5.91 Å². The van der Waals surface area contributed by atoms with Crippen molar-refractivity contribution in [3.8, 4) is 17.2 Å². The highest BCUT2D eigenvalue weighted by Gasteiger charge is 2.62. The Labute approximate surface area is 308 Å². The summed E-state index contributed by atoms with van der Waals surface area (Å²) in [5.41, 5.74) is -2.33. The molecule has 1 aliphatic carbocycles. The third-order valence-electron chi connectivity index (χ3n) is 9.39. The average molecular weight is 802 g/mol. The summed E-state index contributed by atoms with van der Waals surface area (Å²) in [4.78, 5) is 52.7. The first-order valence-corrected chi connectivity index (χ1v) is 19.0. The minimum Gasteiger partial charge on any atom is -0.444 e. The van der Waals surface area contributed by atoms with Crippen LogP contribution in [0.2, 0.25) is 5.02 Å². The molecule has 12 nitrogen and oxygen atoms in total. The van der Waals surface area contributed by atoms with Crippen molar-refractivity contribution in [3.63, 3.8) is 0 Å². The lowest BCUT2D eigenvalue weighted by molar-refractivity contribution is -0.158. The average Bonchev–Trinajstić information content (AvgIpc) is 3.64. The number of aryl methyl sites for hydroxylation is 1. The van der Waals surface area contributed by atoms with Crippen molar-refractivity contribution in [2.45, 2.75) is 86.2 Å². The number of hydrogen-bond donors (Lipinski definition) is 1. The number of nitrogens with zero attached hydrogens (tertiary/aromatic N) is 5. The van der Waals surface area contributed by atoms with Crippen LogP contribution in [0.1, 0.15) is 57.8 Å². The number of nitrogens with one attached hydrogen (secondary N) is 1. The molecule has 51 heavy (non-hydrogen) atoms. The predicted octanol–water partition coefficient (Wildman–Crippen LogP) is 5.46. The first-order valence-electron chi connectivity index (χ1n) is 16.2. The number of amides is 3. The van der Waals surface area contributed by atoms with Gasteiger partial charge in [-0.1, -0.05) is 17.7 Å². The number of carbonyl (C=O) groups is 3. The lowest BCUT2D eigenvalue weighted by Gasteiger charge is -2.52. The van der Waals surface area contributed by atoms with Crippen LogP contribution in [0.15, 0.2) is 58.2 Å². The Bertz CT molecular complexity index is 2100. The van der Waals surface area contributed by atoms with Gasteiger partial charge in [-0.15, -0.1) is 0 Å². The molecule has 3 unspecified atom stereocenters. The molecule has 3 aliphatic rings. The number of nitriles is 1. The van der Waals surface area contributed by atoms with Crippen molar-refractivity contribution < 1.29 is 31.9 Å². The summed E-state index contributed by atoms with van der Waals surface area (Å²) in [6.07, 6.45) is 2.36. The second-order valence-corrected chi connectivity index (χ2v) is 17.6. The number of aromatic nitrogens is 2. The highest BCUT2D eigenvalue weighted by Crippen LogP contribution is 2.46. The van der Waals surface area contributed by atoms with Gasteiger partial charge in [-0.2, -0.15) is 5.26 Å². The summed E-state index contributed by atoms with van der Waals surface area (Å²) < 4.78 is 50.2. The predicted molar refractivity (Wildman–Crippen MR) is 187 cm³/mol. The van der Waals surface area contributed by atoms with Crippen LogP contribution in [0.4, 0.5) is 9.18 Å². The fourth-order valence-electron chi connectivity index (χ4n) is 6.56. The van der Waals surface area contributed by atoms with Gasteiger partial charge in [-0.3, -0.25) is 24.5 Å². The van der Waals surface area contributed by atoms with Crippen molar-refractivity contribution in [1.82, 2.24) is 25.1 Å². The maximum Gasteiger partial charge on any atom is 0.411 e. The maximum absolute atomic E-state index is 15.8. The molecule has 2 aliphatic heterocycles. The minimum absolute atomic E-state index is 0.000763. The van der Waals surface area contributed by atoms with E-state index >= 15 is 4.39 Å². The largest absolute Gasteiger partial charge is 0.444 e. The molecule has 3 amide bonds. The van der Waals surface area contributed by atoms with Crippen LogP contribution in [-0.4, -0.2) is 81.6 Å². The lowest BCUT2D eigenvalue weighted by atomic mass is 9.79. The van der Waals surface area contributed by atoms with E-state index in [-0.39, 0.29) is 39.5 Å². The van der Waals surface area contributed by atoms with E-state index in [0.717, 1.165) is 27.1 Å². The Kier molecular flexibility index (Phi) is 9.44. The Morgan fingerprint density at radius 3 is 2.39 bits per heavy atom. The molecule has 1 aromatic carbocycles. The molecule has 2 saturated heterocycles. The van der Waals surface area contributed by atoms with E-state index in [9.17, 15) is 28.1 Å². The van der Waals surface area contributed by atoms with Crippen LogP contribution in [0, 0.1) is 24.1 Å². The summed E-state index contributed by atoms with van der Waals surface area (Å²) in [7, 11) is -4.29. The van der Waals surface area contributed by atoms with E-state index in [4.69, 9.17) is 16.3 Å². The van der Waals surface area contributed by atoms with Crippen molar-refractivity contribution in [1.29, 1.82) is 5.26 Å². The number of likely N-dealkylation sites (tertiary alicyclic amines) is 2. The van der Waals surface area contributed by atoms with E-state index in [1.165, 1.54) is 18.3 Å². The Morgan fingerprint density at radius 2 is 1.82 bits per heavy atom. The Morgan fingerprint density at radius 1 is 1.12 bits per heavy atom. The maximum atomic E-state index is 15.8. The number of halogens is 3. The third kappa shape index (κ3) is 6.81. The Balaban J connectivity index is 1.40. The first kappa shape index (κ1) is 36.7. The zero-order valence-corrected chi connectivity index (χ0v) is 31.4. The molecule has 0 bridgehead atoms. The molecule has 3 atom stereocenters. The topological polar surface area (TPSA) is 163 Å². The number of sulfone groups is 1. The van der Waals surface area contributed by atoms with E-state index in [2.05, 4.69) is 37.3 Å². The van der Waals surface area contributed by atoms with E-state index in [1.807, 2.05) is 13.0 Å². The molecule has 3 aromatic rings. The summed E-state index contributed by atoms with van der Waals surface area (Å²) in [5.74, 6) is -2.53. The molecule has 1 N–H and O–H groups in total. The number of ether oxygens (including phenoxy) is 1. The van der Waals surface area contributed by atoms with Gasteiger partial charge in [0.05, 0.1) is 21.2 Å². The minimum atomic E-state index is -4.29. The lowest BCUT2D eigenvalue weighted by Crippen LogP contribution is -2.69. The van der Waals surface area contributed by atoms with Gasteiger partial charge < -0.3 is 15.0 Å². The second-order valence-electron chi connectivity index (χ2n) is 14.1. The van der Waals surface area contributed by atoms with Crippen molar-refractivity contribution in [2.75, 3.05) is 13.1 Å². The van der Waals surface area contributed by atoms with Gasteiger partial charge in [0.2, 0.25) is 5.91 Å². The smallest absolute Gasteiger partial charge is 0.411 e. The number of benzene rings is 1. The third-order valence-corrected chi connectivity index (χ3v) is 12.4. The molecule has 4 heterocycles. The van der Waals surface area contributed by atoms with Gasteiger partial charge in [0, 0.05) is 42.1 Å². The van der Waals surface area contributed by atoms with E-state index < -0.39 is 68.1 Å². The molecule has 268 valence electrons. The summed E-state index contributed by atoms with van der Waals surface area (Å²) in [5, 5.41) is 11.0. The van der Waals surface area contributed by atoms with Crippen LogP contribution in [0.5, 0.6) is 0 Å². The Hall–Kier alpha value is -4.13. The second kappa shape index (κ2) is 13.1. The monoisotopic (exact) mass is 800 g/mol.